The molecule has 0 amide bonds. The first-order valence-electron chi connectivity index (χ1n) is 6.45. The molecule has 3 atom stereocenters. The molecular formula is C16H13ClF2O. The van der Waals surface area contributed by atoms with E-state index in [0.29, 0.717) is 0 Å². The maximum absolute atomic E-state index is 13.8. The molecule has 0 aromatic heterocycles. The highest BCUT2D eigenvalue weighted by Gasteiger charge is 2.44. The summed E-state index contributed by atoms with van der Waals surface area (Å²) in [5.74, 6) is -1.25. The first-order chi connectivity index (χ1) is 9.58. The van der Waals surface area contributed by atoms with Crippen LogP contribution in [0.25, 0.3) is 0 Å². The van der Waals surface area contributed by atoms with E-state index in [4.69, 9.17) is 11.6 Å². The third kappa shape index (κ3) is 2.43. The van der Waals surface area contributed by atoms with Gasteiger partial charge in [-0.2, -0.15) is 0 Å². The summed E-state index contributed by atoms with van der Waals surface area (Å²) in [5, 5.41) is 9.97. The highest BCUT2D eigenvalue weighted by Crippen LogP contribution is 2.54. The minimum Gasteiger partial charge on any atom is -0.388 e. The molecule has 1 nitrogen and oxygen atoms in total. The quantitative estimate of drug-likeness (QED) is 0.829. The van der Waals surface area contributed by atoms with Crippen LogP contribution in [0.5, 0.6) is 0 Å². The number of benzene rings is 2. The first-order valence-corrected chi connectivity index (χ1v) is 6.83. The van der Waals surface area contributed by atoms with Gasteiger partial charge < -0.3 is 5.11 Å². The summed E-state index contributed by atoms with van der Waals surface area (Å²) in [7, 11) is 0. The van der Waals surface area contributed by atoms with Crippen LogP contribution >= 0.6 is 11.6 Å². The van der Waals surface area contributed by atoms with E-state index in [1.54, 1.807) is 0 Å². The van der Waals surface area contributed by atoms with Gasteiger partial charge in [0.1, 0.15) is 11.6 Å². The van der Waals surface area contributed by atoms with E-state index in [-0.39, 0.29) is 22.4 Å². The van der Waals surface area contributed by atoms with Gasteiger partial charge in [0.15, 0.2) is 0 Å². The Hall–Kier alpha value is -1.45. The summed E-state index contributed by atoms with van der Waals surface area (Å²) in [4.78, 5) is 0. The number of rotatable bonds is 3. The van der Waals surface area contributed by atoms with Crippen molar-refractivity contribution < 1.29 is 13.9 Å². The Labute approximate surface area is 120 Å². The zero-order valence-corrected chi connectivity index (χ0v) is 11.3. The molecule has 0 radical (unpaired) electrons. The van der Waals surface area contributed by atoms with Crippen molar-refractivity contribution in [2.75, 3.05) is 0 Å². The Kier molecular flexibility index (Phi) is 3.48. The molecule has 1 saturated carbocycles. The van der Waals surface area contributed by atoms with Crippen LogP contribution in [0.15, 0.2) is 42.5 Å². The maximum atomic E-state index is 13.8. The van der Waals surface area contributed by atoms with Gasteiger partial charge in [-0.1, -0.05) is 41.9 Å². The average Bonchev–Trinajstić information content (AvgIpc) is 3.23. The van der Waals surface area contributed by atoms with Gasteiger partial charge in [0, 0.05) is 5.56 Å². The minimum absolute atomic E-state index is 0.0182. The molecule has 0 saturated heterocycles. The summed E-state index contributed by atoms with van der Waals surface area (Å²) >= 11 is 5.51. The lowest BCUT2D eigenvalue weighted by Gasteiger charge is -2.12. The molecule has 1 fully saturated rings. The first kappa shape index (κ1) is 13.5. The molecule has 2 aromatic carbocycles. The molecule has 1 aliphatic rings. The number of hydrogen-bond acceptors (Lipinski definition) is 1. The number of halogens is 3. The van der Waals surface area contributed by atoms with Gasteiger partial charge >= 0.3 is 0 Å². The fourth-order valence-corrected chi connectivity index (χ4v) is 2.79. The molecule has 4 heteroatoms. The van der Waals surface area contributed by atoms with E-state index < -0.39 is 17.7 Å². The van der Waals surface area contributed by atoms with Crippen LogP contribution in [-0.4, -0.2) is 5.11 Å². The Morgan fingerprint density at radius 2 is 1.80 bits per heavy atom. The molecule has 20 heavy (non-hydrogen) atoms. The van der Waals surface area contributed by atoms with Crippen LogP contribution in [0, 0.1) is 17.6 Å². The zero-order valence-electron chi connectivity index (χ0n) is 10.6. The average molecular weight is 295 g/mol. The highest BCUT2D eigenvalue weighted by atomic mass is 35.5. The highest BCUT2D eigenvalue weighted by molar-refractivity contribution is 6.30. The van der Waals surface area contributed by atoms with Crippen LogP contribution in [-0.2, 0) is 0 Å². The maximum Gasteiger partial charge on any atom is 0.142 e. The van der Waals surface area contributed by atoms with Gasteiger partial charge in [-0.3, -0.25) is 0 Å². The second-order valence-electron chi connectivity index (χ2n) is 5.15. The second-order valence-corrected chi connectivity index (χ2v) is 5.56. The standard InChI is InChI=1S/C16H13ClF2O/c17-13-8-14(18)12(7-15(13)19)16(20)11-6-10(11)9-4-2-1-3-5-9/h1-5,7-8,10-11,16,20H,6H2. The van der Waals surface area contributed by atoms with Crippen LogP contribution in [0.2, 0.25) is 5.02 Å². The predicted octanol–water partition coefficient (Wildman–Crippen LogP) is 4.46. The zero-order chi connectivity index (χ0) is 14.3. The topological polar surface area (TPSA) is 20.2 Å². The number of aliphatic hydroxyl groups excluding tert-OH is 1. The molecular weight excluding hydrogens is 282 g/mol. The van der Waals surface area contributed by atoms with Gasteiger partial charge in [-0.25, -0.2) is 8.78 Å². The third-order valence-corrected chi connectivity index (χ3v) is 4.12. The van der Waals surface area contributed by atoms with Crippen molar-refractivity contribution >= 4 is 11.6 Å². The normalized spacial score (nSPS) is 22.6. The Bertz CT molecular complexity index is 630. The van der Waals surface area contributed by atoms with E-state index in [2.05, 4.69) is 0 Å². The lowest BCUT2D eigenvalue weighted by atomic mass is 10.0. The molecule has 1 aliphatic carbocycles. The fraction of sp³-hybridized carbons (Fsp3) is 0.250. The molecule has 3 unspecified atom stereocenters. The molecule has 0 aliphatic heterocycles. The van der Waals surface area contributed by atoms with Crippen molar-refractivity contribution in [1.82, 2.24) is 0 Å². The Balaban J connectivity index is 1.82. The third-order valence-electron chi connectivity index (χ3n) is 3.83. The Morgan fingerprint density at radius 3 is 2.50 bits per heavy atom. The fourth-order valence-electron chi connectivity index (χ4n) is 2.64. The van der Waals surface area contributed by atoms with Crippen LogP contribution in [0.1, 0.15) is 29.6 Å². The molecule has 0 bridgehead atoms. The van der Waals surface area contributed by atoms with E-state index in [9.17, 15) is 13.9 Å². The van der Waals surface area contributed by atoms with E-state index in [1.165, 1.54) is 0 Å². The summed E-state index contributed by atoms with van der Waals surface area (Å²) in [5.41, 5.74) is 1.10. The lowest BCUT2D eigenvalue weighted by molar-refractivity contribution is 0.146. The molecule has 1 N–H and O–H groups in total. The van der Waals surface area contributed by atoms with E-state index in [1.807, 2.05) is 30.3 Å². The van der Waals surface area contributed by atoms with E-state index >= 15 is 0 Å². The van der Waals surface area contributed by atoms with Crippen molar-refractivity contribution in [1.29, 1.82) is 0 Å². The molecule has 0 heterocycles. The minimum atomic E-state index is -1.01. The van der Waals surface area contributed by atoms with Crippen LogP contribution in [0.4, 0.5) is 8.78 Å². The van der Waals surface area contributed by atoms with Gasteiger partial charge in [0.05, 0.1) is 11.1 Å². The van der Waals surface area contributed by atoms with Crippen molar-refractivity contribution in [3.05, 3.63) is 70.2 Å². The summed E-state index contributed by atoms with van der Waals surface area (Å²) < 4.78 is 27.2. The monoisotopic (exact) mass is 294 g/mol. The number of hydrogen-bond donors (Lipinski definition) is 1. The van der Waals surface area contributed by atoms with E-state index in [0.717, 1.165) is 24.1 Å². The molecule has 3 rings (SSSR count). The summed E-state index contributed by atoms with van der Waals surface area (Å²) in [6.45, 7) is 0. The van der Waals surface area contributed by atoms with Crippen molar-refractivity contribution in [3.63, 3.8) is 0 Å². The molecule has 0 spiro atoms. The molecule has 2 aromatic rings. The van der Waals surface area contributed by atoms with Gasteiger partial charge in [0.2, 0.25) is 0 Å². The van der Waals surface area contributed by atoms with Gasteiger partial charge in [-0.15, -0.1) is 0 Å². The molecule has 104 valence electrons. The van der Waals surface area contributed by atoms with Crippen LogP contribution < -0.4 is 0 Å². The van der Waals surface area contributed by atoms with Gasteiger partial charge in [-0.05, 0) is 36.0 Å². The number of aliphatic hydroxyl groups is 1. The second kappa shape index (κ2) is 5.15. The summed E-state index contributed by atoms with van der Waals surface area (Å²) in [6, 6.07) is 11.6. The van der Waals surface area contributed by atoms with Gasteiger partial charge in [0.25, 0.3) is 0 Å². The van der Waals surface area contributed by atoms with Crippen LogP contribution in [0.3, 0.4) is 0 Å². The summed E-state index contributed by atoms with van der Waals surface area (Å²) in [6.07, 6.45) is -0.235. The lowest BCUT2D eigenvalue weighted by Crippen LogP contribution is -2.05. The predicted molar refractivity (Wildman–Crippen MR) is 73.6 cm³/mol. The van der Waals surface area contributed by atoms with Crippen molar-refractivity contribution in [3.8, 4) is 0 Å². The SMILES string of the molecule is OC(c1cc(F)c(Cl)cc1F)C1CC1c1ccccc1. The van der Waals surface area contributed by atoms with Crippen molar-refractivity contribution in [2.24, 2.45) is 5.92 Å². The van der Waals surface area contributed by atoms with Crippen molar-refractivity contribution in [2.45, 2.75) is 18.4 Å². The Morgan fingerprint density at radius 1 is 1.10 bits per heavy atom. The largest absolute Gasteiger partial charge is 0.388 e. The smallest absolute Gasteiger partial charge is 0.142 e.